The molecule has 2 nitrogen and oxygen atoms in total. The Balaban J connectivity index is 3.13. The predicted molar refractivity (Wildman–Crippen MR) is 102 cm³/mol. The molecule has 0 fully saturated rings. The van der Waals surface area contributed by atoms with Crippen molar-refractivity contribution in [3.63, 3.8) is 0 Å². The van der Waals surface area contributed by atoms with E-state index in [1.165, 1.54) is 89.9 Å². The van der Waals surface area contributed by atoms with E-state index in [4.69, 9.17) is 5.73 Å². The minimum absolute atomic E-state index is 0.398. The van der Waals surface area contributed by atoms with E-state index in [1.54, 1.807) is 6.08 Å². The molecule has 0 radical (unpaired) electrons. The van der Waals surface area contributed by atoms with Gasteiger partial charge in [-0.1, -0.05) is 109 Å². The zero-order chi connectivity index (χ0) is 17.2. The summed E-state index contributed by atoms with van der Waals surface area (Å²) in [7, 11) is 0. The average molecular weight is 322 g/mol. The van der Waals surface area contributed by atoms with Crippen LogP contribution in [0.3, 0.4) is 0 Å². The number of hydrogen-bond acceptors (Lipinski definition) is 1. The zero-order valence-electron chi connectivity index (χ0n) is 15.5. The monoisotopic (exact) mass is 321 g/mol. The first kappa shape index (κ1) is 21.9. The number of unbranched alkanes of at least 4 members (excludes halogenated alkanes) is 14. The first-order valence-electron chi connectivity index (χ1n) is 9.83. The molecule has 0 spiro atoms. The molecule has 23 heavy (non-hydrogen) atoms. The zero-order valence-corrected chi connectivity index (χ0v) is 15.5. The second kappa shape index (κ2) is 17.3. The fourth-order valence-corrected chi connectivity index (χ4v) is 2.76. The standard InChI is InChI=1S/C21H39NO/c1-3-4-5-6-7-8-9-10-11-12-13-14-15-16-17-18-19-20(2)21(22)23/h18-19H,2-17H2,1H3,(H2,22,23). The van der Waals surface area contributed by atoms with Crippen molar-refractivity contribution in [2.24, 2.45) is 5.73 Å². The van der Waals surface area contributed by atoms with Gasteiger partial charge in [0.05, 0.1) is 0 Å². The molecule has 0 aromatic rings. The van der Waals surface area contributed by atoms with Gasteiger partial charge in [0.15, 0.2) is 0 Å². The summed E-state index contributed by atoms with van der Waals surface area (Å²) in [5, 5.41) is 0. The van der Waals surface area contributed by atoms with Gasteiger partial charge in [-0.05, 0) is 12.8 Å². The van der Waals surface area contributed by atoms with Gasteiger partial charge in [-0.3, -0.25) is 4.79 Å². The summed E-state index contributed by atoms with van der Waals surface area (Å²) in [6.07, 6.45) is 24.1. The van der Waals surface area contributed by atoms with E-state index in [0.29, 0.717) is 5.57 Å². The number of nitrogens with two attached hydrogens (primary N) is 1. The van der Waals surface area contributed by atoms with Crippen molar-refractivity contribution in [1.82, 2.24) is 0 Å². The Morgan fingerprint density at radius 3 is 1.57 bits per heavy atom. The van der Waals surface area contributed by atoms with Crippen LogP contribution in [0.15, 0.2) is 24.3 Å². The maximum Gasteiger partial charge on any atom is 0.248 e. The minimum atomic E-state index is -0.429. The molecule has 0 bridgehead atoms. The number of rotatable bonds is 17. The molecular formula is C21H39NO. The molecule has 0 unspecified atom stereocenters. The topological polar surface area (TPSA) is 43.1 Å². The maximum absolute atomic E-state index is 10.8. The van der Waals surface area contributed by atoms with E-state index in [-0.39, 0.29) is 0 Å². The van der Waals surface area contributed by atoms with Crippen LogP contribution in [-0.4, -0.2) is 5.91 Å². The summed E-state index contributed by atoms with van der Waals surface area (Å²) in [6.45, 7) is 5.88. The maximum atomic E-state index is 10.8. The molecule has 0 aliphatic rings. The van der Waals surface area contributed by atoms with Crippen LogP contribution in [0.25, 0.3) is 0 Å². The van der Waals surface area contributed by atoms with Crippen LogP contribution in [0, 0.1) is 0 Å². The highest BCUT2D eigenvalue weighted by atomic mass is 16.1. The SMILES string of the molecule is C=C(C=CCCCCCCCCCCCCCCCC)C(N)=O. The summed E-state index contributed by atoms with van der Waals surface area (Å²) >= 11 is 0. The molecule has 0 aromatic carbocycles. The number of allylic oxidation sites excluding steroid dienone is 1. The molecule has 2 N–H and O–H groups in total. The first-order valence-corrected chi connectivity index (χ1v) is 9.83. The van der Waals surface area contributed by atoms with Crippen LogP contribution in [0.5, 0.6) is 0 Å². The van der Waals surface area contributed by atoms with Crippen LogP contribution in [0.4, 0.5) is 0 Å². The highest BCUT2D eigenvalue weighted by Crippen LogP contribution is 2.13. The third-order valence-electron chi connectivity index (χ3n) is 4.36. The van der Waals surface area contributed by atoms with Gasteiger partial charge in [0, 0.05) is 5.57 Å². The van der Waals surface area contributed by atoms with E-state index in [2.05, 4.69) is 13.5 Å². The third kappa shape index (κ3) is 17.1. The van der Waals surface area contributed by atoms with Gasteiger partial charge in [0.1, 0.15) is 0 Å². The van der Waals surface area contributed by atoms with Crippen molar-refractivity contribution in [3.05, 3.63) is 24.3 Å². The minimum Gasteiger partial charge on any atom is -0.366 e. The molecule has 0 saturated carbocycles. The van der Waals surface area contributed by atoms with Crippen molar-refractivity contribution < 1.29 is 4.79 Å². The molecule has 134 valence electrons. The largest absolute Gasteiger partial charge is 0.366 e. The van der Waals surface area contributed by atoms with Gasteiger partial charge in [0.2, 0.25) is 5.91 Å². The van der Waals surface area contributed by atoms with Crippen LogP contribution in [0.2, 0.25) is 0 Å². The van der Waals surface area contributed by atoms with Crippen molar-refractivity contribution >= 4 is 5.91 Å². The number of carbonyl (C=O) groups excluding carboxylic acids is 1. The molecular weight excluding hydrogens is 282 g/mol. The van der Waals surface area contributed by atoms with Gasteiger partial charge in [-0.25, -0.2) is 0 Å². The van der Waals surface area contributed by atoms with Gasteiger partial charge in [0.25, 0.3) is 0 Å². The highest BCUT2D eigenvalue weighted by Gasteiger charge is 1.95. The number of hydrogen-bond donors (Lipinski definition) is 1. The fourth-order valence-electron chi connectivity index (χ4n) is 2.76. The second-order valence-electron chi connectivity index (χ2n) is 6.68. The van der Waals surface area contributed by atoms with E-state index in [1.807, 2.05) is 6.08 Å². The Bertz CT molecular complexity index is 320. The summed E-state index contributed by atoms with van der Waals surface area (Å²) < 4.78 is 0. The summed E-state index contributed by atoms with van der Waals surface area (Å²) in [5.74, 6) is -0.429. The van der Waals surface area contributed by atoms with E-state index in [0.717, 1.165) is 6.42 Å². The van der Waals surface area contributed by atoms with Crippen LogP contribution >= 0.6 is 0 Å². The van der Waals surface area contributed by atoms with Crippen molar-refractivity contribution in [3.8, 4) is 0 Å². The highest BCUT2D eigenvalue weighted by molar-refractivity contribution is 5.93. The lowest BCUT2D eigenvalue weighted by molar-refractivity contribution is -0.114. The van der Waals surface area contributed by atoms with Crippen molar-refractivity contribution in [1.29, 1.82) is 0 Å². The molecule has 0 atom stereocenters. The molecule has 1 amide bonds. The smallest absolute Gasteiger partial charge is 0.248 e. The Morgan fingerprint density at radius 1 is 0.783 bits per heavy atom. The Kier molecular flexibility index (Phi) is 16.5. The van der Waals surface area contributed by atoms with Gasteiger partial charge < -0.3 is 5.73 Å². The Hall–Kier alpha value is -1.05. The number of carbonyl (C=O) groups is 1. The Labute approximate surface area is 144 Å². The molecule has 0 rings (SSSR count). The quantitative estimate of drug-likeness (QED) is 0.186. The normalized spacial score (nSPS) is 11.2. The summed E-state index contributed by atoms with van der Waals surface area (Å²) in [6, 6.07) is 0. The molecule has 0 aliphatic heterocycles. The van der Waals surface area contributed by atoms with Crippen LogP contribution < -0.4 is 5.73 Å². The summed E-state index contributed by atoms with van der Waals surface area (Å²) in [4.78, 5) is 10.8. The van der Waals surface area contributed by atoms with Gasteiger partial charge >= 0.3 is 0 Å². The fraction of sp³-hybridized carbons (Fsp3) is 0.762. The molecule has 0 aromatic heterocycles. The lowest BCUT2D eigenvalue weighted by Crippen LogP contribution is -2.11. The second-order valence-corrected chi connectivity index (χ2v) is 6.68. The van der Waals surface area contributed by atoms with Gasteiger partial charge in [-0.15, -0.1) is 0 Å². The average Bonchev–Trinajstić information content (AvgIpc) is 2.54. The molecule has 2 heteroatoms. The van der Waals surface area contributed by atoms with Crippen molar-refractivity contribution in [2.45, 2.75) is 103 Å². The Morgan fingerprint density at radius 2 is 1.17 bits per heavy atom. The third-order valence-corrected chi connectivity index (χ3v) is 4.36. The molecule has 0 saturated heterocycles. The summed E-state index contributed by atoms with van der Waals surface area (Å²) in [5.41, 5.74) is 5.51. The van der Waals surface area contributed by atoms with E-state index >= 15 is 0 Å². The predicted octanol–water partition coefficient (Wildman–Crippen LogP) is 6.46. The number of amides is 1. The van der Waals surface area contributed by atoms with Crippen molar-refractivity contribution in [2.75, 3.05) is 0 Å². The van der Waals surface area contributed by atoms with Gasteiger partial charge in [-0.2, -0.15) is 0 Å². The lowest BCUT2D eigenvalue weighted by atomic mass is 10.0. The molecule has 0 aliphatic carbocycles. The first-order chi connectivity index (χ1) is 11.2. The number of primary amides is 1. The molecule has 0 heterocycles. The van der Waals surface area contributed by atoms with E-state index in [9.17, 15) is 4.79 Å². The van der Waals surface area contributed by atoms with Crippen LogP contribution in [0.1, 0.15) is 103 Å². The van der Waals surface area contributed by atoms with Crippen LogP contribution in [-0.2, 0) is 4.79 Å². The van der Waals surface area contributed by atoms with E-state index < -0.39 is 5.91 Å². The lowest BCUT2D eigenvalue weighted by Gasteiger charge is -2.02.